The van der Waals surface area contributed by atoms with Gasteiger partial charge in [-0.15, -0.1) is 0 Å². The van der Waals surface area contributed by atoms with Gasteiger partial charge in [0.2, 0.25) is 0 Å². The molecule has 0 atom stereocenters. The number of benzene rings is 1. The van der Waals surface area contributed by atoms with Gasteiger partial charge in [-0.05, 0) is 6.07 Å². The van der Waals surface area contributed by atoms with Crippen LogP contribution in [0.4, 0.5) is 5.69 Å². The van der Waals surface area contributed by atoms with Gasteiger partial charge in [-0.1, -0.05) is 11.6 Å². The summed E-state index contributed by atoms with van der Waals surface area (Å²) in [6.45, 7) is 0. The highest BCUT2D eigenvalue weighted by Gasteiger charge is 2.14. The van der Waals surface area contributed by atoms with Gasteiger partial charge in [-0.2, -0.15) is 0 Å². The predicted octanol–water partition coefficient (Wildman–Crippen LogP) is 2.81. The molecule has 2 aromatic rings. The molecule has 1 aromatic heterocycles. The van der Waals surface area contributed by atoms with Crippen LogP contribution in [0.2, 0.25) is 5.02 Å². The smallest absolute Gasteiger partial charge is 0.273 e. The van der Waals surface area contributed by atoms with Crippen LogP contribution in [0.3, 0.4) is 0 Å². The van der Waals surface area contributed by atoms with Crippen LogP contribution in [0.5, 0.6) is 5.75 Å². The molecule has 0 saturated carbocycles. The lowest BCUT2D eigenvalue weighted by Gasteiger charge is -2.05. The van der Waals surface area contributed by atoms with E-state index in [1.165, 1.54) is 25.4 Å². The molecule has 82 valence electrons. The SMILES string of the molecule is COc1cc([N+](=O)[O-])cc2c(Cl)ccnc12. The molecule has 0 spiro atoms. The van der Waals surface area contributed by atoms with Gasteiger partial charge in [0.1, 0.15) is 5.52 Å². The molecular formula is C10H7ClN2O3. The molecule has 2 rings (SSSR count). The van der Waals surface area contributed by atoms with E-state index in [0.29, 0.717) is 21.7 Å². The number of hydrogen-bond acceptors (Lipinski definition) is 4. The summed E-state index contributed by atoms with van der Waals surface area (Å²) in [5.41, 5.74) is 0.444. The zero-order valence-corrected chi connectivity index (χ0v) is 9.06. The van der Waals surface area contributed by atoms with Gasteiger partial charge in [0.15, 0.2) is 5.75 Å². The average Bonchev–Trinajstić information content (AvgIpc) is 2.28. The number of nitro benzene ring substituents is 1. The Morgan fingerprint density at radius 2 is 2.25 bits per heavy atom. The van der Waals surface area contributed by atoms with Gasteiger partial charge in [0.25, 0.3) is 5.69 Å². The van der Waals surface area contributed by atoms with Crippen molar-refractivity contribution in [3.8, 4) is 5.75 Å². The van der Waals surface area contributed by atoms with Crippen molar-refractivity contribution in [2.45, 2.75) is 0 Å². The quantitative estimate of drug-likeness (QED) is 0.596. The van der Waals surface area contributed by atoms with Gasteiger partial charge in [0.05, 0.1) is 23.1 Å². The molecule has 5 nitrogen and oxygen atoms in total. The predicted molar refractivity (Wildman–Crippen MR) is 60.0 cm³/mol. The van der Waals surface area contributed by atoms with Crippen molar-refractivity contribution < 1.29 is 9.66 Å². The number of nitro groups is 1. The van der Waals surface area contributed by atoms with Gasteiger partial charge in [-0.25, -0.2) is 0 Å². The Morgan fingerprint density at radius 1 is 1.50 bits per heavy atom. The maximum absolute atomic E-state index is 10.7. The van der Waals surface area contributed by atoms with Crippen molar-refractivity contribution in [3.63, 3.8) is 0 Å². The summed E-state index contributed by atoms with van der Waals surface area (Å²) in [4.78, 5) is 14.3. The van der Waals surface area contributed by atoms with Crippen molar-refractivity contribution in [1.82, 2.24) is 4.98 Å². The third kappa shape index (κ3) is 1.65. The molecule has 0 unspecified atom stereocenters. The molecule has 0 N–H and O–H groups in total. The topological polar surface area (TPSA) is 65.3 Å². The van der Waals surface area contributed by atoms with Crippen LogP contribution in [0.1, 0.15) is 0 Å². The highest BCUT2D eigenvalue weighted by atomic mass is 35.5. The summed E-state index contributed by atoms with van der Waals surface area (Å²) >= 11 is 5.94. The van der Waals surface area contributed by atoms with Crippen molar-refractivity contribution in [2.24, 2.45) is 0 Å². The number of aromatic nitrogens is 1. The van der Waals surface area contributed by atoms with Gasteiger partial charge < -0.3 is 4.74 Å². The number of rotatable bonds is 2. The third-order valence-corrected chi connectivity index (χ3v) is 2.50. The van der Waals surface area contributed by atoms with Crippen LogP contribution < -0.4 is 4.74 Å². The van der Waals surface area contributed by atoms with Crippen LogP contribution in [-0.2, 0) is 0 Å². The molecule has 0 aliphatic carbocycles. The van der Waals surface area contributed by atoms with E-state index in [0.717, 1.165) is 0 Å². The van der Waals surface area contributed by atoms with E-state index in [2.05, 4.69) is 4.98 Å². The fourth-order valence-corrected chi connectivity index (χ4v) is 1.64. The largest absolute Gasteiger partial charge is 0.494 e. The van der Waals surface area contributed by atoms with Crippen molar-refractivity contribution >= 4 is 28.2 Å². The molecular weight excluding hydrogens is 232 g/mol. The van der Waals surface area contributed by atoms with Crippen LogP contribution in [0.25, 0.3) is 10.9 Å². The standard InChI is InChI=1S/C10H7ClN2O3/c1-16-9-5-6(13(14)15)4-7-8(11)2-3-12-10(7)9/h2-5H,1H3. The lowest BCUT2D eigenvalue weighted by molar-refractivity contribution is -0.384. The molecule has 0 bridgehead atoms. The Morgan fingerprint density at radius 3 is 2.88 bits per heavy atom. The lowest BCUT2D eigenvalue weighted by atomic mass is 10.2. The minimum atomic E-state index is -0.495. The number of non-ortho nitro benzene ring substituents is 1. The lowest BCUT2D eigenvalue weighted by Crippen LogP contribution is -1.93. The van der Waals surface area contributed by atoms with E-state index < -0.39 is 4.92 Å². The normalized spacial score (nSPS) is 10.4. The fourth-order valence-electron chi connectivity index (χ4n) is 1.44. The van der Waals surface area contributed by atoms with Gasteiger partial charge in [0, 0.05) is 17.6 Å². The van der Waals surface area contributed by atoms with Gasteiger partial charge >= 0.3 is 0 Å². The summed E-state index contributed by atoms with van der Waals surface area (Å²) in [5.74, 6) is 0.340. The van der Waals surface area contributed by atoms with Crippen molar-refractivity contribution in [3.05, 3.63) is 39.5 Å². The second-order valence-corrected chi connectivity index (χ2v) is 3.50. The summed E-state index contributed by atoms with van der Waals surface area (Å²) in [5, 5.41) is 11.6. The molecule has 16 heavy (non-hydrogen) atoms. The highest BCUT2D eigenvalue weighted by molar-refractivity contribution is 6.35. The second kappa shape index (κ2) is 3.94. The molecule has 1 aromatic carbocycles. The first-order valence-electron chi connectivity index (χ1n) is 4.40. The van der Waals surface area contributed by atoms with Crippen LogP contribution in [0, 0.1) is 10.1 Å². The Balaban J connectivity index is 2.84. The van der Waals surface area contributed by atoms with E-state index >= 15 is 0 Å². The summed E-state index contributed by atoms with van der Waals surface area (Å²) in [6.07, 6.45) is 1.53. The first-order valence-corrected chi connectivity index (χ1v) is 4.78. The number of hydrogen-bond donors (Lipinski definition) is 0. The maximum atomic E-state index is 10.7. The van der Waals surface area contributed by atoms with E-state index in [1.807, 2.05) is 0 Å². The molecule has 0 aliphatic heterocycles. The number of ether oxygens (including phenoxy) is 1. The Labute approximate surface area is 95.8 Å². The van der Waals surface area contributed by atoms with Crippen molar-refractivity contribution in [1.29, 1.82) is 0 Å². The Hall–Kier alpha value is -1.88. The van der Waals surface area contributed by atoms with Crippen LogP contribution in [0.15, 0.2) is 24.4 Å². The van der Waals surface area contributed by atoms with E-state index in [4.69, 9.17) is 16.3 Å². The molecule has 0 radical (unpaired) electrons. The Kier molecular flexibility index (Phi) is 2.62. The molecule has 0 amide bonds. The third-order valence-electron chi connectivity index (χ3n) is 2.17. The minimum absolute atomic E-state index is 0.0701. The zero-order valence-electron chi connectivity index (χ0n) is 8.31. The highest BCUT2D eigenvalue weighted by Crippen LogP contribution is 2.33. The number of methoxy groups -OCH3 is 1. The first kappa shape index (κ1) is 10.6. The van der Waals surface area contributed by atoms with Crippen LogP contribution in [-0.4, -0.2) is 17.0 Å². The summed E-state index contributed by atoms with van der Waals surface area (Å²) < 4.78 is 5.05. The number of fused-ring (bicyclic) bond motifs is 1. The van der Waals surface area contributed by atoms with E-state index in [-0.39, 0.29) is 5.69 Å². The zero-order chi connectivity index (χ0) is 11.7. The summed E-state index contributed by atoms with van der Waals surface area (Å²) in [7, 11) is 1.43. The second-order valence-electron chi connectivity index (χ2n) is 3.09. The van der Waals surface area contributed by atoms with Gasteiger partial charge in [-0.3, -0.25) is 15.1 Å². The number of pyridine rings is 1. The molecule has 0 fully saturated rings. The van der Waals surface area contributed by atoms with E-state index in [9.17, 15) is 10.1 Å². The van der Waals surface area contributed by atoms with Crippen molar-refractivity contribution in [2.75, 3.05) is 7.11 Å². The van der Waals surface area contributed by atoms with E-state index in [1.54, 1.807) is 6.07 Å². The molecule has 6 heteroatoms. The molecule has 0 aliphatic rings. The fraction of sp³-hybridized carbons (Fsp3) is 0.100. The maximum Gasteiger partial charge on any atom is 0.273 e. The molecule has 1 heterocycles. The average molecular weight is 239 g/mol. The Bertz CT molecular complexity index is 571. The number of nitrogens with zero attached hydrogens (tertiary/aromatic N) is 2. The first-order chi connectivity index (χ1) is 7.63. The summed E-state index contributed by atoms with van der Waals surface area (Å²) in [6, 6.07) is 4.28. The number of halogens is 1. The minimum Gasteiger partial charge on any atom is -0.494 e. The monoisotopic (exact) mass is 238 g/mol. The molecule has 0 saturated heterocycles. The van der Waals surface area contributed by atoms with Crippen LogP contribution >= 0.6 is 11.6 Å².